The zero-order valence-corrected chi connectivity index (χ0v) is 13.6. The standard InChI is InChI=1S/C12H13BrCl2N4/c1-7(2)19-11(17-6-18-19)5-16-12-9(14)3-8(13)4-10(12)15/h3-4,6-7,16H,5H2,1-2H3. The van der Waals surface area contributed by atoms with Gasteiger partial charge in [0.1, 0.15) is 12.2 Å². The molecule has 0 fully saturated rings. The van der Waals surface area contributed by atoms with Crippen molar-refractivity contribution in [2.24, 2.45) is 0 Å². The highest BCUT2D eigenvalue weighted by Crippen LogP contribution is 2.34. The zero-order valence-electron chi connectivity index (χ0n) is 10.5. The van der Waals surface area contributed by atoms with Gasteiger partial charge in [-0.15, -0.1) is 0 Å². The fraction of sp³-hybridized carbons (Fsp3) is 0.333. The molecule has 1 aromatic heterocycles. The Morgan fingerprint density at radius 3 is 2.53 bits per heavy atom. The Morgan fingerprint density at radius 2 is 1.95 bits per heavy atom. The summed E-state index contributed by atoms with van der Waals surface area (Å²) >= 11 is 15.7. The molecule has 4 nitrogen and oxygen atoms in total. The molecule has 0 saturated carbocycles. The van der Waals surface area contributed by atoms with E-state index in [0.717, 1.165) is 10.3 Å². The number of rotatable bonds is 4. The maximum absolute atomic E-state index is 6.16. The fourth-order valence-electron chi connectivity index (χ4n) is 1.71. The lowest BCUT2D eigenvalue weighted by atomic mass is 10.3. The summed E-state index contributed by atoms with van der Waals surface area (Å²) in [5.74, 6) is 0.838. The maximum Gasteiger partial charge on any atom is 0.146 e. The lowest BCUT2D eigenvalue weighted by molar-refractivity contribution is 0.509. The summed E-state index contributed by atoms with van der Waals surface area (Å²) in [6.45, 7) is 4.62. The molecule has 0 bridgehead atoms. The molecule has 0 radical (unpaired) electrons. The molecule has 0 atom stereocenters. The van der Waals surface area contributed by atoms with Gasteiger partial charge in [-0.05, 0) is 26.0 Å². The van der Waals surface area contributed by atoms with Crippen molar-refractivity contribution in [2.45, 2.75) is 26.4 Å². The van der Waals surface area contributed by atoms with Crippen molar-refractivity contribution in [2.75, 3.05) is 5.32 Å². The number of hydrogen-bond donors (Lipinski definition) is 1. The highest BCUT2D eigenvalue weighted by atomic mass is 79.9. The number of nitrogens with one attached hydrogen (secondary N) is 1. The van der Waals surface area contributed by atoms with Crippen molar-refractivity contribution in [1.82, 2.24) is 14.8 Å². The number of nitrogens with zero attached hydrogens (tertiary/aromatic N) is 3. The van der Waals surface area contributed by atoms with Crippen LogP contribution in [0.15, 0.2) is 22.9 Å². The Kier molecular flexibility index (Phi) is 4.71. The molecule has 0 saturated heterocycles. The molecule has 0 aliphatic carbocycles. The number of anilines is 1. The van der Waals surface area contributed by atoms with E-state index in [4.69, 9.17) is 23.2 Å². The van der Waals surface area contributed by atoms with Crippen LogP contribution in [0, 0.1) is 0 Å². The molecule has 0 unspecified atom stereocenters. The average Bonchev–Trinajstić information content (AvgIpc) is 2.75. The normalized spacial score (nSPS) is 11.1. The molecule has 0 aliphatic heterocycles. The van der Waals surface area contributed by atoms with Crippen LogP contribution in [0.3, 0.4) is 0 Å². The lowest BCUT2D eigenvalue weighted by Crippen LogP contribution is -2.12. The molecule has 7 heteroatoms. The third-order valence-corrected chi connectivity index (χ3v) is 3.62. The van der Waals surface area contributed by atoms with Crippen LogP contribution in [0.4, 0.5) is 5.69 Å². The van der Waals surface area contributed by atoms with Gasteiger partial charge in [-0.1, -0.05) is 39.1 Å². The first kappa shape index (κ1) is 14.6. The van der Waals surface area contributed by atoms with Crippen LogP contribution in [-0.4, -0.2) is 14.8 Å². The van der Waals surface area contributed by atoms with Crippen molar-refractivity contribution >= 4 is 44.8 Å². The number of aromatic nitrogens is 3. The molecule has 102 valence electrons. The second-order valence-corrected chi connectivity index (χ2v) is 6.04. The van der Waals surface area contributed by atoms with E-state index in [0.29, 0.717) is 22.3 Å². The quantitative estimate of drug-likeness (QED) is 0.866. The Morgan fingerprint density at radius 1 is 1.32 bits per heavy atom. The molecule has 2 aromatic rings. The lowest BCUT2D eigenvalue weighted by Gasteiger charge is -2.13. The van der Waals surface area contributed by atoms with E-state index in [9.17, 15) is 0 Å². The van der Waals surface area contributed by atoms with Crippen molar-refractivity contribution in [1.29, 1.82) is 0 Å². The minimum absolute atomic E-state index is 0.259. The predicted molar refractivity (Wildman–Crippen MR) is 81.9 cm³/mol. The van der Waals surface area contributed by atoms with Gasteiger partial charge >= 0.3 is 0 Å². The second kappa shape index (κ2) is 6.11. The van der Waals surface area contributed by atoms with Gasteiger partial charge in [0.15, 0.2) is 0 Å². The molecule has 1 heterocycles. The van der Waals surface area contributed by atoms with Gasteiger partial charge in [0.2, 0.25) is 0 Å². The van der Waals surface area contributed by atoms with Gasteiger partial charge < -0.3 is 5.32 Å². The van der Waals surface area contributed by atoms with Crippen LogP contribution in [0.25, 0.3) is 0 Å². The van der Waals surface area contributed by atoms with Crippen molar-refractivity contribution in [3.05, 3.63) is 38.8 Å². The Bertz CT molecular complexity index is 560. The Labute approximate surface area is 130 Å². The fourth-order valence-corrected chi connectivity index (χ4v) is 3.05. The van der Waals surface area contributed by atoms with E-state index >= 15 is 0 Å². The zero-order chi connectivity index (χ0) is 14.0. The van der Waals surface area contributed by atoms with E-state index in [1.165, 1.54) is 0 Å². The van der Waals surface area contributed by atoms with E-state index in [1.54, 1.807) is 18.5 Å². The first-order valence-corrected chi connectivity index (χ1v) is 7.30. The summed E-state index contributed by atoms with van der Waals surface area (Å²) < 4.78 is 2.70. The first-order chi connectivity index (χ1) is 8.99. The largest absolute Gasteiger partial charge is 0.375 e. The number of halogens is 3. The monoisotopic (exact) mass is 362 g/mol. The van der Waals surface area contributed by atoms with Crippen molar-refractivity contribution in [3.63, 3.8) is 0 Å². The number of hydrogen-bond acceptors (Lipinski definition) is 3. The SMILES string of the molecule is CC(C)n1ncnc1CNc1c(Cl)cc(Br)cc1Cl. The van der Waals surface area contributed by atoms with E-state index in [2.05, 4.69) is 45.2 Å². The summed E-state index contributed by atoms with van der Waals surface area (Å²) in [5, 5.41) is 8.51. The van der Waals surface area contributed by atoms with E-state index in [1.807, 2.05) is 4.68 Å². The van der Waals surface area contributed by atoms with Crippen LogP contribution in [0.2, 0.25) is 10.0 Å². The first-order valence-electron chi connectivity index (χ1n) is 5.76. The smallest absolute Gasteiger partial charge is 0.146 e. The molecular formula is C12H13BrCl2N4. The van der Waals surface area contributed by atoms with Gasteiger partial charge in [0.25, 0.3) is 0 Å². The molecule has 2 rings (SSSR count). The van der Waals surface area contributed by atoms with Crippen LogP contribution in [0.5, 0.6) is 0 Å². The maximum atomic E-state index is 6.16. The van der Waals surface area contributed by atoms with Gasteiger partial charge in [-0.2, -0.15) is 5.10 Å². The highest BCUT2D eigenvalue weighted by molar-refractivity contribution is 9.10. The third kappa shape index (κ3) is 3.41. The van der Waals surface area contributed by atoms with Crippen LogP contribution < -0.4 is 5.32 Å². The molecule has 1 aromatic carbocycles. The van der Waals surface area contributed by atoms with Crippen molar-refractivity contribution < 1.29 is 0 Å². The van der Waals surface area contributed by atoms with Gasteiger partial charge in [-0.25, -0.2) is 9.67 Å². The van der Waals surface area contributed by atoms with Crippen molar-refractivity contribution in [3.8, 4) is 0 Å². The second-order valence-electron chi connectivity index (χ2n) is 4.31. The summed E-state index contributed by atoms with van der Waals surface area (Å²) in [6, 6.07) is 3.85. The van der Waals surface area contributed by atoms with E-state index < -0.39 is 0 Å². The topological polar surface area (TPSA) is 42.7 Å². The molecule has 1 N–H and O–H groups in total. The molecule has 0 aliphatic rings. The predicted octanol–water partition coefficient (Wildman–Crippen LogP) is 4.54. The number of benzene rings is 1. The van der Waals surface area contributed by atoms with Crippen LogP contribution >= 0.6 is 39.1 Å². The Balaban J connectivity index is 2.17. The third-order valence-electron chi connectivity index (χ3n) is 2.57. The van der Waals surface area contributed by atoms with Crippen LogP contribution in [-0.2, 0) is 6.54 Å². The molecule has 0 spiro atoms. The summed E-state index contributed by atoms with van der Waals surface area (Å²) in [7, 11) is 0. The molecule has 19 heavy (non-hydrogen) atoms. The highest BCUT2D eigenvalue weighted by Gasteiger charge is 2.11. The minimum Gasteiger partial charge on any atom is -0.375 e. The minimum atomic E-state index is 0.259. The summed E-state index contributed by atoms with van der Waals surface area (Å²) in [5.41, 5.74) is 0.699. The van der Waals surface area contributed by atoms with Gasteiger partial charge in [0, 0.05) is 10.5 Å². The van der Waals surface area contributed by atoms with E-state index in [-0.39, 0.29) is 6.04 Å². The van der Waals surface area contributed by atoms with Gasteiger partial charge in [-0.3, -0.25) is 0 Å². The molecule has 0 amide bonds. The van der Waals surface area contributed by atoms with Crippen LogP contribution in [0.1, 0.15) is 25.7 Å². The summed E-state index contributed by atoms with van der Waals surface area (Å²) in [6.07, 6.45) is 1.54. The summed E-state index contributed by atoms with van der Waals surface area (Å²) in [4.78, 5) is 4.22. The Hall–Kier alpha value is -0.780. The van der Waals surface area contributed by atoms with Gasteiger partial charge in [0.05, 0.1) is 22.3 Å². The molecular weight excluding hydrogens is 351 g/mol. The average molecular weight is 364 g/mol.